The van der Waals surface area contributed by atoms with E-state index in [4.69, 9.17) is 11.6 Å². The summed E-state index contributed by atoms with van der Waals surface area (Å²) in [5.41, 5.74) is 0. The summed E-state index contributed by atoms with van der Waals surface area (Å²) in [6, 6.07) is 5.30. The van der Waals surface area contributed by atoms with Crippen LogP contribution in [0.4, 0.5) is 0 Å². The fourth-order valence-corrected chi connectivity index (χ4v) is 3.74. The lowest BCUT2D eigenvalue weighted by Gasteiger charge is -2.06. The monoisotopic (exact) mass is 302 g/mol. The van der Waals surface area contributed by atoms with E-state index in [-0.39, 0.29) is 16.5 Å². The highest BCUT2D eigenvalue weighted by atomic mass is 35.5. The average Bonchev–Trinajstić information content (AvgIpc) is 2.73. The van der Waals surface area contributed by atoms with E-state index in [0.29, 0.717) is 0 Å². The van der Waals surface area contributed by atoms with Crippen LogP contribution in [0.15, 0.2) is 35.5 Å². The number of rotatable bonds is 4. The largest absolute Gasteiger partial charge is 0.263 e. The van der Waals surface area contributed by atoms with Gasteiger partial charge in [0.25, 0.3) is 0 Å². The number of sulfonamides is 1. The van der Waals surface area contributed by atoms with Gasteiger partial charge in [-0.25, -0.2) is 13.1 Å². The van der Waals surface area contributed by atoms with Crippen LogP contribution in [0.3, 0.4) is 0 Å². The van der Waals surface area contributed by atoms with Gasteiger partial charge in [-0.15, -0.1) is 11.3 Å². The molecule has 7 heteroatoms. The molecule has 0 aliphatic rings. The normalized spacial score (nSPS) is 11.7. The van der Waals surface area contributed by atoms with Gasteiger partial charge in [-0.05, 0) is 25.1 Å². The summed E-state index contributed by atoms with van der Waals surface area (Å²) < 4.78 is 26.5. The molecule has 0 unspecified atom stereocenters. The Bertz CT molecular complexity index is 653. The third kappa shape index (κ3) is 3.08. The second-order valence-electron chi connectivity index (χ2n) is 3.64. The number of thiophene rings is 1. The van der Waals surface area contributed by atoms with E-state index in [1.54, 1.807) is 11.3 Å². The van der Waals surface area contributed by atoms with E-state index in [1.165, 1.54) is 18.5 Å². The van der Waals surface area contributed by atoms with Crippen molar-refractivity contribution in [1.29, 1.82) is 0 Å². The van der Waals surface area contributed by atoms with Gasteiger partial charge in [0, 0.05) is 28.7 Å². The van der Waals surface area contributed by atoms with Gasteiger partial charge in [0.1, 0.15) is 4.90 Å². The summed E-state index contributed by atoms with van der Waals surface area (Å²) >= 11 is 7.39. The van der Waals surface area contributed by atoms with Crippen LogP contribution >= 0.6 is 22.9 Å². The SMILES string of the molecule is Cc1ccc(CNS(=O)(=O)c2cnccc2Cl)s1. The zero-order valence-corrected chi connectivity index (χ0v) is 11.9. The molecule has 4 nitrogen and oxygen atoms in total. The predicted molar refractivity (Wildman–Crippen MR) is 72.3 cm³/mol. The lowest BCUT2D eigenvalue weighted by atomic mass is 10.4. The standard InChI is InChI=1S/C11H11ClN2O2S2/c1-8-2-3-9(17-8)6-14-18(15,16)11-7-13-5-4-10(11)12/h2-5,7,14H,6H2,1H3. The number of aromatic nitrogens is 1. The van der Waals surface area contributed by atoms with E-state index < -0.39 is 10.0 Å². The van der Waals surface area contributed by atoms with Gasteiger partial charge in [0.05, 0.1) is 5.02 Å². The molecule has 0 fully saturated rings. The van der Waals surface area contributed by atoms with Crippen molar-refractivity contribution in [3.8, 4) is 0 Å². The summed E-state index contributed by atoms with van der Waals surface area (Å²) in [4.78, 5) is 5.87. The Morgan fingerprint density at radius 3 is 2.78 bits per heavy atom. The van der Waals surface area contributed by atoms with Crippen LogP contribution in [0.5, 0.6) is 0 Å². The molecular formula is C11H11ClN2O2S2. The number of nitrogens with zero attached hydrogens (tertiary/aromatic N) is 1. The molecule has 2 aromatic rings. The summed E-state index contributed by atoms with van der Waals surface area (Å²) in [6.45, 7) is 2.23. The van der Waals surface area contributed by atoms with Crippen LogP contribution in [0.2, 0.25) is 5.02 Å². The molecule has 0 bridgehead atoms. The maximum atomic E-state index is 12.0. The molecule has 0 aliphatic heterocycles. The molecule has 0 saturated carbocycles. The molecular weight excluding hydrogens is 292 g/mol. The molecule has 0 spiro atoms. The smallest absolute Gasteiger partial charge is 0.243 e. The van der Waals surface area contributed by atoms with E-state index in [2.05, 4.69) is 9.71 Å². The number of nitrogens with one attached hydrogen (secondary N) is 1. The quantitative estimate of drug-likeness (QED) is 0.944. The first-order valence-electron chi connectivity index (χ1n) is 5.13. The lowest BCUT2D eigenvalue weighted by molar-refractivity contribution is 0.581. The molecule has 2 aromatic heterocycles. The summed E-state index contributed by atoms with van der Waals surface area (Å²) in [5.74, 6) is 0. The van der Waals surface area contributed by atoms with Gasteiger partial charge in [-0.3, -0.25) is 4.98 Å². The molecule has 2 rings (SSSR count). The number of hydrogen-bond donors (Lipinski definition) is 1. The van der Waals surface area contributed by atoms with Crippen molar-refractivity contribution in [3.63, 3.8) is 0 Å². The third-order valence-electron chi connectivity index (χ3n) is 2.26. The van der Waals surface area contributed by atoms with Gasteiger partial charge < -0.3 is 0 Å². The molecule has 0 aliphatic carbocycles. The van der Waals surface area contributed by atoms with Crippen LogP contribution in [0.25, 0.3) is 0 Å². The van der Waals surface area contributed by atoms with Crippen molar-refractivity contribution < 1.29 is 8.42 Å². The summed E-state index contributed by atoms with van der Waals surface area (Å²) in [7, 11) is -3.62. The molecule has 0 amide bonds. The molecule has 18 heavy (non-hydrogen) atoms. The molecule has 96 valence electrons. The number of aryl methyl sites for hydroxylation is 1. The van der Waals surface area contributed by atoms with Gasteiger partial charge >= 0.3 is 0 Å². The third-order valence-corrected chi connectivity index (χ3v) is 5.13. The Kier molecular flexibility index (Phi) is 4.01. The maximum Gasteiger partial charge on any atom is 0.243 e. The highest BCUT2D eigenvalue weighted by molar-refractivity contribution is 7.89. The van der Waals surface area contributed by atoms with Crippen molar-refractivity contribution in [2.75, 3.05) is 0 Å². The van der Waals surface area contributed by atoms with Crippen LogP contribution in [-0.2, 0) is 16.6 Å². The molecule has 0 radical (unpaired) electrons. The van der Waals surface area contributed by atoms with Gasteiger partial charge in [-0.1, -0.05) is 11.6 Å². The summed E-state index contributed by atoms with van der Waals surface area (Å²) in [5, 5.41) is 0.167. The zero-order chi connectivity index (χ0) is 13.2. The first-order valence-corrected chi connectivity index (χ1v) is 7.81. The Labute approximate surface area is 115 Å². The summed E-state index contributed by atoms with van der Waals surface area (Å²) in [6.07, 6.45) is 2.69. The molecule has 0 saturated heterocycles. The van der Waals surface area contributed by atoms with Crippen LogP contribution < -0.4 is 4.72 Å². The van der Waals surface area contributed by atoms with Crippen LogP contribution in [-0.4, -0.2) is 13.4 Å². The highest BCUT2D eigenvalue weighted by Crippen LogP contribution is 2.20. The van der Waals surface area contributed by atoms with E-state index in [0.717, 1.165) is 9.75 Å². The van der Waals surface area contributed by atoms with Crippen LogP contribution in [0, 0.1) is 6.92 Å². The fourth-order valence-electron chi connectivity index (χ4n) is 1.38. The fraction of sp³-hybridized carbons (Fsp3) is 0.182. The predicted octanol–water partition coefficient (Wildman–Crippen LogP) is 2.58. The number of hydrogen-bond acceptors (Lipinski definition) is 4. The van der Waals surface area contributed by atoms with Gasteiger partial charge in [0.2, 0.25) is 10.0 Å². The number of pyridine rings is 1. The van der Waals surface area contributed by atoms with Crippen molar-refractivity contribution >= 4 is 33.0 Å². The van der Waals surface area contributed by atoms with E-state index in [9.17, 15) is 8.42 Å². The minimum absolute atomic E-state index is 0.0000512. The minimum atomic E-state index is -3.62. The first kappa shape index (κ1) is 13.5. The Morgan fingerprint density at radius 2 is 2.17 bits per heavy atom. The molecule has 0 atom stereocenters. The minimum Gasteiger partial charge on any atom is -0.263 e. The van der Waals surface area contributed by atoms with Crippen molar-refractivity contribution in [1.82, 2.24) is 9.71 Å². The second-order valence-corrected chi connectivity index (χ2v) is 7.16. The van der Waals surface area contributed by atoms with Crippen LogP contribution in [0.1, 0.15) is 9.75 Å². The lowest BCUT2D eigenvalue weighted by Crippen LogP contribution is -2.23. The van der Waals surface area contributed by atoms with Crippen molar-refractivity contribution in [2.24, 2.45) is 0 Å². The zero-order valence-electron chi connectivity index (χ0n) is 9.55. The van der Waals surface area contributed by atoms with Gasteiger partial charge in [-0.2, -0.15) is 0 Å². The Morgan fingerprint density at radius 1 is 1.39 bits per heavy atom. The maximum absolute atomic E-state index is 12.0. The molecule has 0 aromatic carbocycles. The first-order chi connectivity index (χ1) is 8.49. The molecule has 1 N–H and O–H groups in total. The van der Waals surface area contributed by atoms with Crippen molar-refractivity contribution in [2.45, 2.75) is 18.4 Å². The Balaban J connectivity index is 2.16. The second kappa shape index (κ2) is 5.36. The average molecular weight is 303 g/mol. The van der Waals surface area contributed by atoms with E-state index >= 15 is 0 Å². The van der Waals surface area contributed by atoms with Crippen molar-refractivity contribution in [3.05, 3.63) is 45.4 Å². The molecule has 2 heterocycles. The topological polar surface area (TPSA) is 59.1 Å². The van der Waals surface area contributed by atoms with Gasteiger partial charge in [0.15, 0.2) is 0 Å². The van der Waals surface area contributed by atoms with E-state index in [1.807, 2.05) is 19.1 Å². The Hall–Kier alpha value is -0.950. The highest BCUT2D eigenvalue weighted by Gasteiger charge is 2.17. The number of halogens is 1.